The molecule has 0 unspecified atom stereocenters. The van der Waals surface area contributed by atoms with Gasteiger partial charge in [-0.3, -0.25) is 14.8 Å². The Bertz CT molecular complexity index is 1040. The molecule has 2 aromatic carbocycles. The van der Waals surface area contributed by atoms with Gasteiger partial charge in [0.1, 0.15) is 5.75 Å². The van der Waals surface area contributed by atoms with E-state index in [9.17, 15) is 14.7 Å². The Balaban J connectivity index is 1.77. The summed E-state index contributed by atoms with van der Waals surface area (Å²) in [5, 5.41) is 16.7. The number of aromatic hydroxyl groups is 1. The summed E-state index contributed by atoms with van der Waals surface area (Å²) in [5.74, 6) is -0.468. The second kappa shape index (κ2) is 6.84. The Morgan fingerprint density at radius 2 is 1.86 bits per heavy atom. The number of ether oxygens (including phenoxy) is 1. The van der Waals surface area contributed by atoms with Gasteiger partial charge >= 0.3 is 5.97 Å². The molecule has 0 radical (unpaired) electrons. The van der Waals surface area contributed by atoms with Crippen LogP contribution in [-0.2, 0) is 4.74 Å². The third-order valence-corrected chi connectivity index (χ3v) is 4.81. The molecule has 0 saturated heterocycles. The molecule has 3 aromatic rings. The zero-order valence-corrected chi connectivity index (χ0v) is 15.5. The lowest BCUT2D eigenvalue weighted by Gasteiger charge is -2.26. The standard InChI is InChI=1S/C21H19N3O4/c1-3-28-21(27)14-4-8-15(9-5-14)24-19(13-6-10-16(25)11-7-13)17-12(2)22-23-18(17)20(24)26/h4-11,19,25H,3H2,1-2H3,(H,22,23)/t19-/m0/s1. The maximum absolute atomic E-state index is 13.1. The van der Waals surface area contributed by atoms with Crippen LogP contribution in [0.1, 0.15) is 50.6 Å². The molecule has 7 nitrogen and oxygen atoms in total. The highest BCUT2D eigenvalue weighted by atomic mass is 16.5. The predicted octanol–water partition coefficient (Wildman–Crippen LogP) is 3.35. The second-order valence-electron chi connectivity index (χ2n) is 6.55. The number of esters is 1. The van der Waals surface area contributed by atoms with Crippen LogP contribution in [0.25, 0.3) is 0 Å². The molecule has 1 aliphatic rings. The molecular weight excluding hydrogens is 358 g/mol. The fourth-order valence-electron chi connectivity index (χ4n) is 3.51. The average Bonchev–Trinajstić information content (AvgIpc) is 3.21. The third kappa shape index (κ3) is 2.81. The molecule has 142 valence electrons. The molecule has 0 spiro atoms. The summed E-state index contributed by atoms with van der Waals surface area (Å²) < 4.78 is 5.01. The van der Waals surface area contributed by atoms with Crippen LogP contribution in [0.2, 0.25) is 0 Å². The minimum atomic E-state index is -0.402. The van der Waals surface area contributed by atoms with Crippen molar-refractivity contribution in [3.63, 3.8) is 0 Å². The van der Waals surface area contributed by atoms with Crippen molar-refractivity contribution in [2.45, 2.75) is 19.9 Å². The van der Waals surface area contributed by atoms with Gasteiger partial charge in [0.2, 0.25) is 0 Å². The Kier molecular flexibility index (Phi) is 4.35. The summed E-state index contributed by atoms with van der Waals surface area (Å²) >= 11 is 0. The number of benzene rings is 2. The SMILES string of the molecule is CCOC(=O)c1ccc(N2C(=O)c3n[nH]c(C)c3[C@@H]2c2ccc(O)cc2)cc1. The Morgan fingerprint density at radius 1 is 1.18 bits per heavy atom. The van der Waals surface area contributed by atoms with Gasteiger partial charge in [-0.2, -0.15) is 5.10 Å². The van der Waals surface area contributed by atoms with E-state index in [1.54, 1.807) is 60.4 Å². The lowest BCUT2D eigenvalue weighted by Crippen LogP contribution is -2.29. The monoisotopic (exact) mass is 377 g/mol. The quantitative estimate of drug-likeness (QED) is 0.680. The van der Waals surface area contributed by atoms with Crippen molar-refractivity contribution in [3.8, 4) is 5.75 Å². The Morgan fingerprint density at radius 3 is 2.50 bits per heavy atom. The van der Waals surface area contributed by atoms with Crippen LogP contribution in [0.15, 0.2) is 48.5 Å². The van der Waals surface area contributed by atoms with Gasteiger partial charge in [-0.1, -0.05) is 12.1 Å². The van der Waals surface area contributed by atoms with E-state index in [-0.39, 0.29) is 17.7 Å². The van der Waals surface area contributed by atoms with Crippen LogP contribution >= 0.6 is 0 Å². The van der Waals surface area contributed by atoms with Gasteiger partial charge in [0, 0.05) is 16.9 Å². The number of phenolic OH excluding ortho intramolecular Hbond substituents is 1. The molecule has 1 atom stereocenters. The summed E-state index contributed by atoms with van der Waals surface area (Å²) in [4.78, 5) is 26.6. The number of carbonyl (C=O) groups is 2. The highest BCUT2D eigenvalue weighted by Crippen LogP contribution is 2.42. The molecule has 0 fully saturated rings. The van der Waals surface area contributed by atoms with E-state index in [0.29, 0.717) is 23.6 Å². The van der Waals surface area contributed by atoms with Crippen molar-refractivity contribution in [1.82, 2.24) is 10.2 Å². The number of amides is 1. The smallest absolute Gasteiger partial charge is 0.338 e. The van der Waals surface area contributed by atoms with E-state index in [0.717, 1.165) is 16.8 Å². The summed E-state index contributed by atoms with van der Waals surface area (Å²) in [6, 6.07) is 13.1. The number of aryl methyl sites for hydroxylation is 1. The van der Waals surface area contributed by atoms with Gasteiger partial charge < -0.3 is 9.84 Å². The van der Waals surface area contributed by atoms with E-state index in [4.69, 9.17) is 4.74 Å². The molecule has 0 aliphatic carbocycles. The molecule has 1 aliphatic heterocycles. The van der Waals surface area contributed by atoms with E-state index < -0.39 is 5.97 Å². The van der Waals surface area contributed by atoms with Crippen molar-refractivity contribution < 1.29 is 19.4 Å². The number of hydrogen-bond donors (Lipinski definition) is 2. The normalized spacial score (nSPS) is 15.6. The minimum Gasteiger partial charge on any atom is -0.508 e. The molecule has 0 bridgehead atoms. The van der Waals surface area contributed by atoms with Gasteiger partial charge in [-0.15, -0.1) is 0 Å². The number of hydrogen-bond acceptors (Lipinski definition) is 5. The minimum absolute atomic E-state index is 0.155. The predicted molar refractivity (Wildman–Crippen MR) is 102 cm³/mol. The lowest BCUT2D eigenvalue weighted by atomic mass is 9.98. The fourth-order valence-corrected chi connectivity index (χ4v) is 3.51. The number of anilines is 1. The van der Waals surface area contributed by atoms with E-state index >= 15 is 0 Å². The summed E-state index contributed by atoms with van der Waals surface area (Å²) in [6.45, 7) is 3.93. The maximum atomic E-state index is 13.1. The van der Waals surface area contributed by atoms with Gasteiger partial charge in [0.25, 0.3) is 5.91 Å². The lowest BCUT2D eigenvalue weighted by molar-refractivity contribution is 0.0526. The molecule has 4 rings (SSSR count). The van der Waals surface area contributed by atoms with Crippen molar-refractivity contribution in [3.05, 3.63) is 76.6 Å². The van der Waals surface area contributed by atoms with Gasteiger partial charge in [0.05, 0.1) is 18.2 Å². The van der Waals surface area contributed by atoms with E-state index in [1.807, 2.05) is 6.92 Å². The van der Waals surface area contributed by atoms with Gasteiger partial charge in [-0.25, -0.2) is 4.79 Å². The number of H-pyrrole nitrogens is 1. The van der Waals surface area contributed by atoms with E-state index in [1.165, 1.54) is 0 Å². The number of nitrogens with one attached hydrogen (secondary N) is 1. The van der Waals surface area contributed by atoms with Gasteiger partial charge in [-0.05, 0) is 55.8 Å². The Hall–Kier alpha value is -3.61. The number of aromatic nitrogens is 2. The molecule has 28 heavy (non-hydrogen) atoms. The zero-order valence-electron chi connectivity index (χ0n) is 15.5. The topological polar surface area (TPSA) is 95.5 Å². The van der Waals surface area contributed by atoms with Crippen molar-refractivity contribution >= 4 is 17.6 Å². The van der Waals surface area contributed by atoms with Crippen LogP contribution in [0.4, 0.5) is 5.69 Å². The van der Waals surface area contributed by atoms with Crippen molar-refractivity contribution in [2.75, 3.05) is 11.5 Å². The number of fused-ring (bicyclic) bond motifs is 1. The first-order valence-electron chi connectivity index (χ1n) is 8.95. The highest BCUT2D eigenvalue weighted by Gasteiger charge is 2.42. The molecule has 0 saturated carbocycles. The number of nitrogens with zero attached hydrogens (tertiary/aromatic N) is 2. The van der Waals surface area contributed by atoms with Crippen LogP contribution in [-0.4, -0.2) is 33.8 Å². The molecule has 1 aromatic heterocycles. The van der Waals surface area contributed by atoms with Crippen LogP contribution in [0, 0.1) is 6.92 Å². The number of phenols is 1. The zero-order chi connectivity index (χ0) is 19.8. The van der Waals surface area contributed by atoms with Crippen LogP contribution < -0.4 is 4.90 Å². The summed E-state index contributed by atoms with van der Waals surface area (Å²) in [6.07, 6.45) is 0. The second-order valence-corrected chi connectivity index (χ2v) is 6.55. The van der Waals surface area contributed by atoms with E-state index in [2.05, 4.69) is 10.2 Å². The maximum Gasteiger partial charge on any atom is 0.338 e. The molecule has 7 heteroatoms. The average molecular weight is 377 g/mol. The molecule has 2 heterocycles. The molecule has 2 N–H and O–H groups in total. The van der Waals surface area contributed by atoms with Crippen molar-refractivity contribution in [1.29, 1.82) is 0 Å². The largest absolute Gasteiger partial charge is 0.508 e. The first-order chi connectivity index (χ1) is 13.5. The fraction of sp³-hybridized carbons (Fsp3) is 0.190. The third-order valence-electron chi connectivity index (χ3n) is 4.81. The molecule has 1 amide bonds. The number of rotatable bonds is 4. The Labute approximate surface area is 161 Å². The highest BCUT2D eigenvalue weighted by molar-refractivity contribution is 6.10. The number of carbonyl (C=O) groups excluding carboxylic acids is 2. The number of aromatic amines is 1. The van der Waals surface area contributed by atoms with Crippen LogP contribution in [0.5, 0.6) is 5.75 Å². The first-order valence-corrected chi connectivity index (χ1v) is 8.95. The van der Waals surface area contributed by atoms with Crippen molar-refractivity contribution in [2.24, 2.45) is 0 Å². The molecular formula is C21H19N3O4. The first kappa shape index (κ1) is 17.8. The van der Waals surface area contributed by atoms with Gasteiger partial charge in [0.15, 0.2) is 5.69 Å². The summed E-state index contributed by atoms with van der Waals surface area (Å²) in [7, 11) is 0. The summed E-state index contributed by atoms with van der Waals surface area (Å²) in [5.41, 5.74) is 3.92. The van der Waals surface area contributed by atoms with Crippen LogP contribution in [0.3, 0.4) is 0 Å².